The van der Waals surface area contributed by atoms with E-state index in [1.54, 1.807) is 22.7 Å². The van der Waals surface area contributed by atoms with E-state index in [4.69, 9.17) is 0 Å². The van der Waals surface area contributed by atoms with Crippen molar-refractivity contribution >= 4 is 34.5 Å². The summed E-state index contributed by atoms with van der Waals surface area (Å²) >= 11 is 3.51. The van der Waals surface area contributed by atoms with E-state index in [-0.39, 0.29) is 34.6 Å². The van der Waals surface area contributed by atoms with Crippen molar-refractivity contribution in [2.75, 3.05) is 7.05 Å². The van der Waals surface area contributed by atoms with Gasteiger partial charge in [0.2, 0.25) is 11.8 Å². The summed E-state index contributed by atoms with van der Waals surface area (Å²) in [4.78, 5) is 30.8. The summed E-state index contributed by atoms with van der Waals surface area (Å²) in [5.41, 5.74) is 1.42. The minimum atomic E-state index is 0.0459. The van der Waals surface area contributed by atoms with Crippen molar-refractivity contribution in [3.63, 3.8) is 0 Å². The highest BCUT2D eigenvalue weighted by Crippen LogP contribution is 2.66. The Bertz CT molecular complexity index is 1160. The van der Waals surface area contributed by atoms with Crippen LogP contribution >= 0.6 is 22.7 Å². The number of thiophene rings is 2. The first-order valence-electron chi connectivity index (χ1n) is 13.6. The number of fused-ring (bicyclic) bond motifs is 5. The van der Waals surface area contributed by atoms with E-state index >= 15 is 0 Å². The van der Waals surface area contributed by atoms with Gasteiger partial charge < -0.3 is 10.2 Å². The quantitative estimate of drug-likeness (QED) is 0.469. The first-order valence-corrected chi connectivity index (χ1v) is 15.4. The zero-order valence-electron chi connectivity index (χ0n) is 21.7. The number of carbonyl (C=O) groups excluding carboxylic acids is 2. The lowest BCUT2D eigenvalue weighted by Gasteiger charge is -2.58. The van der Waals surface area contributed by atoms with Crippen molar-refractivity contribution in [2.24, 2.45) is 34.5 Å². The highest BCUT2D eigenvalue weighted by molar-refractivity contribution is 7.10. The molecule has 4 nitrogen and oxygen atoms in total. The summed E-state index contributed by atoms with van der Waals surface area (Å²) in [5.74, 6) is 2.43. The Balaban J connectivity index is 1.22. The number of allylic oxidation sites excluding steroid dienone is 2. The molecule has 1 N–H and O–H groups in total. The predicted octanol–water partition coefficient (Wildman–Crippen LogP) is 6.81. The molecular weight excluding hydrogens is 484 g/mol. The number of nitrogens with one attached hydrogen (secondary N) is 1. The smallest absolute Gasteiger partial charge is 0.226 e. The van der Waals surface area contributed by atoms with Crippen LogP contribution in [0.2, 0.25) is 0 Å². The van der Waals surface area contributed by atoms with Crippen LogP contribution in [0, 0.1) is 34.5 Å². The van der Waals surface area contributed by atoms with Gasteiger partial charge in [-0.3, -0.25) is 9.59 Å². The lowest BCUT2D eigenvalue weighted by molar-refractivity contribution is -0.138. The molecule has 2 aromatic heterocycles. The molecule has 192 valence electrons. The van der Waals surface area contributed by atoms with Crippen LogP contribution in [-0.4, -0.2) is 23.8 Å². The van der Waals surface area contributed by atoms with Crippen LogP contribution in [0.25, 0.3) is 0 Å². The van der Waals surface area contributed by atoms with Gasteiger partial charge >= 0.3 is 0 Å². The van der Waals surface area contributed by atoms with E-state index in [2.05, 4.69) is 60.3 Å². The molecule has 3 heterocycles. The van der Waals surface area contributed by atoms with E-state index < -0.39 is 0 Å². The number of piperidine rings is 1. The Kier molecular flexibility index (Phi) is 6.19. The average molecular weight is 523 g/mol. The van der Waals surface area contributed by atoms with Gasteiger partial charge in [0.25, 0.3) is 0 Å². The molecule has 0 radical (unpaired) electrons. The molecule has 0 bridgehead atoms. The zero-order chi connectivity index (χ0) is 25.1. The topological polar surface area (TPSA) is 49.4 Å². The fourth-order valence-corrected chi connectivity index (χ4v) is 10.2. The van der Waals surface area contributed by atoms with Gasteiger partial charge in [-0.1, -0.05) is 32.1 Å². The first kappa shape index (κ1) is 24.4. The highest BCUT2D eigenvalue weighted by Gasteiger charge is 2.60. The molecule has 6 rings (SSSR count). The van der Waals surface area contributed by atoms with Crippen LogP contribution in [0.3, 0.4) is 0 Å². The molecule has 36 heavy (non-hydrogen) atoms. The molecule has 2 aromatic rings. The zero-order valence-corrected chi connectivity index (χ0v) is 23.3. The fraction of sp³-hybridized carbons (Fsp3) is 0.600. The maximum absolute atomic E-state index is 13.9. The minimum absolute atomic E-state index is 0.0459. The van der Waals surface area contributed by atoms with E-state index in [1.807, 2.05) is 11.9 Å². The molecule has 7 atom stereocenters. The maximum Gasteiger partial charge on any atom is 0.226 e. The number of hydrogen-bond acceptors (Lipinski definition) is 4. The van der Waals surface area contributed by atoms with Gasteiger partial charge in [-0.05, 0) is 84.6 Å². The van der Waals surface area contributed by atoms with Crippen LogP contribution in [0.15, 0.2) is 46.8 Å². The first-order chi connectivity index (χ1) is 17.3. The van der Waals surface area contributed by atoms with Gasteiger partial charge in [-0.25, -0.2) is 0 Å². The van der Waals surface area contributed by atoms with Crippen molar-refractivity contribution < 1.29 is 9.59 Å². The van der Waals surface area contributed by atoms with Crippen molar-refractivity contribution in [3.05, 3.63) is 56.6 Å². The van der Waals surface area contributed by atoms with Crippen molar-refractivity contribution in [1.29, 1.82) is 0 Å². The van der Waals surface area contributed by atoms with Crippen LogP contribution < -0.4 is 5.32 Å². The van der Waals surface area contributed by atoms with Crippen LogP contribution in [0.5, 0.6) is 0 Å². The molecule has 3 fully saturated rings. The van der Waals surface area contributed by atoms with Crippen molar-refractivity contribution in [3.8, 4) is 0 Å². The van der Waals surface area contributed by atoms with Crippen molar-refractivity contribution in [1.82, 2.24) is 10.2 Å². The monoisotopic (exact) mass is 522 g/mol. The van der Waals surface area contributed by atoms with Gasteiger partial charge in [0, 0.05) is 46.7 Å². The summed E-state index contributed by atoms with van der Waals surface area (Å²) < 4.78 is 0. The summed E-state index contributed by atoms with van der Waals surface area (Å²) in [6, 6.07) is 8.56. The summed E-state index contributed by atoms with van der Waals surface area (Å²) in [6.07, 6.45) is 10.4. The second-order valence-corrected chi connectivity index (χ2v) is 14.1. The molecule has 1 saturated heterocycles. The summed E-state index contributed by atoms with van der Waals surface area (Å²) in [5, 5.41) is 7.74. The SMILES string of the molecule is CN1C(=O)CC[C@@]2(C)C1=CC[C@@H]1[C@H]2CC[C@]2(C)C(C(=O)NC(Cc3cccs3)c3cccs3)CC[C@@H]12. The molecule has 2 unspecified atom stereocenters. The van der Waals surface area contributed by atoms with E-state index in [1.165, 1.54) is 21.9 Å². The Labute approximate surface area is 223 Å². The molecule has 0 spiro atoms. The predicted molar refractivity (Wildman–Crippen MR) is 147 cm³/mol. The van der Waals surface area contributed by atoms with E-state index in [0.29, 0.717) is 24.2 Å². The number of amides is 2. The number of nitrogens with zero attached hydrogens (tertiary/aromatic N) is 1. The molecule has 2 saturated carbocycles. The Hall–Kier alpha value is -1.92. The molecule has 3 aliphatic carbocycles. The molecular formula is C30H38N2O2S2. The molecule has 4 aliphatic rings. The number of rotatable bonds is 5. The lowest BCUT2D eigenvalue weighted by atomic mass is 9.49. The molecule has 0 aromatic carbocycles. The average Bonchev–Trinajstić information content (AvgIpc) is 3.62. The summed E-state index contributed by atoms with van der Waals surface area (Å²) in [7, 11) is 1.97. The van der Waals surface area contributed by atoms with Crippen LogP contribution in [0.4, 0.5) is 0 Å². The van der Waals surface area contributed by atoms with Gasteiger partial charge in [0.05, 0.1) is 6.04 Å². The van der Waals surface area contributed by atoms with Crippen LogP contribution in [-0.2, 0) is 16.0 Å². The standard InChI is InChI=1S/C30H38N2O2S2/c1-29-14-12-22-20(8-11-26-30(22,2)15-13-27(33)32(26)3)21(29)9-10-23(29)28(34)31-24(25-7-5-17-36-25)18-19-6-4-16-35-19/h4-7,11,16-17,20-24H,8-10,12-15,18H2,1-3H3,(H,31,34)/t20-,21-,22+,23?,24?,29-,30+/m0/s1. The third-order valence-electron chi connectivity index (χ3n) is 10.5. The van der Waals surface area contributed by atoms with E-state index in [9.17, 15) is 9.59 Å². The third kappa shape index (κ3) is 3.82. The van der Waals surface area contributed by atoms with Gasteiger partial charge in [-0.15, -0.1) is 22.7 Å². The Morgan fingerprint density at radius 2 is 1.92 bits per heavy atom. The number of carbonyl (C=O) groups is 2. The van der Waals surface area contributed by atoms with Gasteiger partial charge in [0.15, 0.2) is 0 Å². The second kappa shape index (κ2) is 9.13. The summed E-state index contributed by atoms with van der Waals surface area (Å²) in [6.45, 7) is 4.83. The number of hydrogen-bond donors (Lipinski definition) is 1. The maximum atomic E-state index is 13.9. The van der Waals surface area contributed by atoms with E-state index in [0.717, 1.165) is 38.5 Å². The Morgan fingerprint density at radius 3 is 2.67 bits per heavy atom. The third-order valence-corrected chi connectivity index (χ3v) is 12.4. The molecule has 2 amide bonds. The van der Waals surface area contributed by atoms with Gasteiger partial charge in [-0.2, -0.15) is 0 Å². The molecule has 1 aliphatic heterocycles. The molecule has 6 heteroatoms. The minimum Gasteiger partial charge on any atom is -0.348 e. The Morgan fingerprint density at radius 1 is 1.11 bits per heavy atom. The number of likely N-dealkylation sites (tertiary alicyclic amines) is 1. The largest absolute Gasteiger partial charge is 0.348 e. The van der Waals surface area contributed by atoms with Crippen LogP contribution in [0.1, 0.15) is 74.6 Å². The second-order valence-electron chi connectivity index (χ2n) is 12.1. The lowest BCUT2D eigenvalue weighted by Crippen LogP contribution is -2.54. The fourth-order valence-electron chi connectivity index (χ4n) is 8.63. The highest BCUT2D eigenvalue weighted by atomic mass is 32.1. The van der Waals surface area contributed by atoms with Gasteiger partial charge in [0.1, 0.15) is 0 Å². The van der Waals surface area contributed by atoms with Crippen molar-refractivity contribution in [2.45, 2.75) is 71.3 Å². The normalized spacial score (nSPS) is 36.5.